The summed E-state index contributed by atoms with van der Waals surface area (Å²) in [5, 5.41) is 5.31. The molecule has 1 heterocycles. The summed E-state index contributed by atoms with van der Waals surface area (Å²) in [6.45, 7) is 4.79. The molecule has 1 unspecified atom stereocenters. The Morgan fingerprint density at radius 1 is 1.03 bits per heavy atom. The number of carbonyl (C=O) groups excluding carboxylic acids is 2. The highest BCUT2D eigenvalue weighted by Gasteiger charge is 2.18. The summed E-state index contributed by atoms with van der Waals surface area (Å²) in [6, 6.07) is 14.8. The Bertz CT molecular complexity index is 869. The quantitative estimate of drug-likeness (QED) is 0.497. The van der Waals surface area contributed by atoms with Crippen LogP contribution in [0.15, 0.2) is 48.5 Å². The molecule has 1 atom stereocenters. The second-order valence-corrected chi connectivity index (χ2v) is 7.72. The smallest absolute Gasteiger partial charge is 0.313 e. The number of para-hydroxylation sites is 2. The molecular formula is C24H31N3O4. The number of nitrogens with one attached hydrogen (secondary N) is 2. The minimum Gasteiger partial charge on any atom is -0.493 e. The van der Waals surface area contributed by atoms with Gasteiger partial charge in [-0.25, -0.2) is 0 Å². The first-order valence-electron chi connectivity index (χ1n) is 10.8. The molecule has 7 nitrogen and oxygen atoms in total. The molecule has 0 spiro atoms. The van der Waals surface area contributed by atoms with Crippen LogP contribution in [0.3, 0.4) is 0 Å². The maximum atomic E-state index is 12.1. The standard InChI is InChI=1S/C24H31N3O4/c1-18-8-5-6-16-27(18)17-7-15-25-23(28)24(29)26-19-11-13-20(14-12-19)31-22-10-4-3-9-21(22)30-2/h3-4,9-14,18H,5-8,15-17H2,1-2H3,(H,25,28)(H,26,29). The van der Waals surface area contributed by atoms with Crippen molar-refractivity contribution in [2.45, 2.75) is 38.6 Å². The predicted octanol–water partition coefficient (Wildman–Crippen LogP) is 3.81. The molecule has 1 aliphatic heterocycles. The first-order chi connectivity index (χ1) is 15.1. The summed E-state index contributed by atoms with van der Waals surface area (Å²) in [4.78, 5) is 26.7. The van der Waals surface area contributed by atoms with E-state index in [-0.39, 0.29) is 0 Å². The van der Waals surface area contributed by atoms with E-state index in [2.05, 4.69) is 22.5 Å². The van der Waals surface area contributed by atoms with Gasteiger partial charge in [-0.1, -0.05) is 18.6 Å². The van der Waals surface area contributed by atoms with Crippen LogP contribution in [0, 0.1) is 0 Å². The van der Waals surface area contributed by atoms with Crippen molar-refractivity contribution in [2.75, 3.05) is 32.1 Å². The molecule has 2 N–H and O–H groups in total. The second kappa shape index (κ2) is 11.4. The van der Waals surface area contributed by atoms with E-state index in [0.717, 1.165) is 19.5 Å². The van der Waals surface area contributed by atoms with Gasteiger partial charge in [-0.3, -0.25) is 9.59 Å². The number of nitrogens with zero attached hydrogens (tertiary/aromatic N) is 1. The molecule has 1 aliphatic rings. The number of benzene rings is 2. The number of hydrogen-bond donors (Lipinski definition) is 2. The number of piperidine rings is 1. The fraction of sp³-hybridized carbons (Fsp3) is 0.417. The highest BCUT2D eigenvalue weighted by molar-refractivity contribution is 6.39. The van der Waals surface area contributed by atoms with E-state index in [1.54, 1.807) is 31.4 Å². The molecule has 1 saturated heterocycles. The summed E-state index contributed by atoms with van der Waals surface area (Å²) >= 11 is 0. The largest absolute Gasteiger partial charge is 0.493 e. The average molecular weight is 426 g/mol. The van der Waals surface area contributed by atoms with Crippen LogP contribution in [-0.2, 0) is 9.59 Å². The molecular weight excluding hydrogens is 394 g/mol. The molecule has 166 valence electrons. The lowest BCUT2D eigenvalue weighted by atomic mass is 10.0. The third-order valence-corrected chi connectivity index (χ3v) is 5.46. The van der Waals surface area contributed by atoms with Crippen molar-refractivity contribution in [3.05, 3.63) is 48.5 Å². The maximum Gasteiger partial charge on any atom is 0.313 e. The Balaban J connectivity index is 1.41. The van der Waals surface area contributed by atoms with Crippen LogP contribution in [0.1, 0.15) is 32.6 Å². The summed E-state index contributed by atoms with van der Waals surface area (Å²) in [7, 11) is 1.58. The number of likely N-dealkylation sites (tertiary alicyclic amines) is 1. The van der Waals surface area contributed by atoms with Gasteiger partial charge in [0.15, 0.2) is 11.5 Å². The fourth-order valence-corrected chi connectivity index (χ4v) is 3.68. The maximum absolute atomic E-state index is 12.1. The Kier molecular flexibility index (Phi) is 8.29. The molecule has 1 fully saturated rings. The minimum atomic E-state index is -0.676. The van der Waals surface area contributed by atoms with Crippen LogP contribution in [0.2, 0.25) is 0 Å². The van der Waals surface area contributed by atoms with Crippen LogP contribution in [0.4, 0.5) is 5.69 Å². The van der Waals surface area contributed by atoms with Gasteiger partial charge >= 0.3 is 11.8 Å². The molecule has 2 amide bonds. The lowest BCUT2D eigenvalue weighted by molar-refractivity contribution is -0.136. The van der Waals surface area contributed by atoms with Gasteiger partial charge in [0, 0.05) is 24.8 Å². The summed E-state index contributed by atoms with van der Waals surface area (Å²) in [5.41, 5.74) is 0.523. The van der Waals surface area contributed by atoms with Crippen LogP contribution >= 0.6 is 0 Å². The highest BCUT2D eigenvalue weighted by Crippen LogP contribution is 2.31. The monoisotopic (exact) mass is 425 g/mol. The molecule has 0 aliphatic carbocycles. The third-order valence-electron chi connectivity index (χ3n) is 5.46. The molecule has 0 saturated carbocycles. The van der Waals surface area contributed by atoms with Crippen LogP contribution in [0.25, 0.3) is 0 Å². The van der Waals surface area contributed by atoms with E-state index in [4.69, 9.17) is 9.47 Å². The summed E-state index contributed by atoms with van der Waals surface area (Å²) in [5.74, 6) is 0.524. The zero-order chi connectivity index (χ0) is 22.1. The first kappa shape index (κ1) is 22.6. The van der Waals surface area contributed by atoms with Crippen LogP contribution in [0.5, 0.6) is 17.2 Å². The number of anilines is 1. The number of hydrogen-bond acceptors (Lipinski definition) is 5. The van der Waals surface area contributed by atoms with Gasteiger partial charge in [0.25, 0.3) is 0 Å². The Hall–Kier alpha value is -3.06. The topological polar surface area (TPSA) is 79.9 Å². The number of amides is 2. The molecule has 0 bridgehead atoms. The van der Waals surface area contributed by atoms with E-state index in [1.807, 2.05) is 24.3 Å². The highest BCUT2D eigenvalue weighted by atomic mass is 16.5. The normalized spacial score (nSPS) is 16.4. The van der Waals surface area contributed by atoms with Crippen molar-refractivity contribution < 1.29 is 19.1 Å². The summed E-state index contributed by atoms with van der Waals surface area (Å²) < 4.78 is 11.1. The van der Waals surface area contributed by atoms with Crippen molar-refractivity contribution in [2.24, 2.45) is 0 Å². The van der Waals surface area contributed by atoms with Crippen molar-refractivity contribution in [1.82, 2.24) is 10.2 Å². The molecule has 0 aromatic heterocycles. The number of carbonyl (C=O) groups is 2. The van der Waals surface area contributed by atoms with Gasteiger partial charge in [0.05, 0.1) is 7.11 Å². The van der Waals surface area contributed by atoms with E-state index in [9.17, 15) is 9.59 Å². The number of rotatable bonds is 8. The van der Waals surface area contributed by atoms with Gasteiger partial charge in [-0.2, -0.15) is 0 Å². The van der Waals surface area contributed by atoms with Crippen molar-refractivity contribution in [3.8, 4) is 17.2 Å². The second-order valence-electron chi connectivity index (χ2n) is 7.72. The van der Waals surface area contributed by atoms with Crippen molar-refractivity contribution >= 4 is 17.5 Å². The van der Waals surface area contributed by atoms with Gasteiger partial charge in [-0.15, -0.1) is 0 Å². The molecule has 3 rings (SSSR count). The number of ether oxygens (including phenoxy) is 2. The van der Waals surface area contributed by atoms with Gasteiger partial charge in [0.2, 0.25) is 0 Å². The molecule has 2 aromatic rings. The zero-order valence-corrected chi connectivity index (χ0v) is 18.2. The van der Waals surface area contributed by atoms with Gasteiger partial charge < -0.3 is 25.0 Å². The third kappa shape index (κ3) is 6.72. The van der Waals surface area contributed by atoms with Crippen molar-refractivity contribution in [3.63, 3.8) is 0 Å². The lowest BCUT2D eigenvalue weighted by Crippen LogP contribution is -2.40. The Morgan fingerprint density at radius 2 is 1.77 bits per heavy atom. The molecule has 7 heteroatoms. The van der Waals surface area contributed by atoms with Gasteiger partial charge in [-0.05, 0) is 69.1 Å². The molecule has 2 aromatic carbocycles. The van der Waals surface area contributed by atoms with E-state index in [0.29, 0.717) is 35.5 Å². The van der Waals surface area contributed by atoms with E-state index < -0.39 is 11.8 Å². The van der Waals surface area contributed by atoms with E-state index >= 15 is 0 Å². The van der Waals surface area contributed by atoms with Crippen molar-refractivity contribution in [1.29, 1.82) is 0 Å². The zero-order valence-electron chi connectivity index (χ0n) is 18.2. The van der Waals surface area contributed by atoms with Crippen LogP contribution in [-0.4, -0.2) is 49.5 Å². The average Bonchev–Trinajstić information content (AvgIpc) is 2.79. The summed E-state index contributed by atoms with van der Waals surface area (Å²) in [6.07, 6.45) is 4.60. The van der Waals surface area contributed by atoms with Gasteiger partial charge in [0.1, 0.15) is 5.75 Å². The Morgan fingerprint density at radius 3 is 2.48 bits per heavy atom. The van der Waals surface area contributed by atoms with Crippen LogP contribution < -0.4 is 20.1 Å². The SMILES string of the molecule is COc1ccccc1Oc1ccc(NC(=O)C(=O)NCCCN2CCCCC2C)cc1. The molecule has 0 radical (unpaired) electrons. The lowest BCUT2D eigenvalue weighted by Gasteiger charge is -2.33. The first-order valence-corrected chi connectivity index (χ1v) is 10.8. The van der Waals surface area contributed by atoms with E-state index in [1.165, 1.54) is 19.3 Å². The predicted molar refractivity (Wildman–Crippen MR) is 121 cm³/mol. The molecule has 31 heavy (non-hydrogen) atoms. The fourth-order valence-electron chi connectivity index (χ4n) is 3.68. The number of methoxy groups -OCH3 is 1. The minimum absolute atomic E-state index is 0.487. The Labute approximate surface area is 183 Å².